The van der Waals surface area contributed by atoms with Gasteiger partial charge in [0.1, 0.15) is 0 Å². The van der Waals surface area contributed by atoms with Crippen molar-refractivity contribution in [2.75, 3.05) is 25.0 Å². The van der Waals surface area contributed by atoms with Crippen molar-refractivity contribution >= 4 is 29.9 Å². The average Bonchev–Trinajstić information content (AvgIpc) is 3.10. The third-order valence-electron chi connectivity index (χ3n) is 4.42. The first-order chi connectivity index (χ1) is 10.7. The lowest BCUT2D eigenvalue weighted by molar-refractivity contribution is -0.118. The van der Waals surface area contributed by atoms with Gasteiger partial charge in [-0.25, -0.2) is 0 Å². The van der Waals surface area contributed by atoms with Crippen molar-refractivity contribution in [1.82, 2.24) is 10.2 Å². The smallest absolute Gasteiger partial charge is 0.253 e. The van der Waals surface area contributed by atoms with Crippen LogP contribution in [0.5, 0.6) is 0 Å². The highest BCUT2D eigenvalue weighted by Gasteiger charge is 2.21. The van der Waals surface area contributed by atoms with E-state index in [-0.39, 0.29) is 30.3 Å². The van der Waals surface area contributed by atoms with Crippen molar-refractivity contribution in [2.24, 2.45) is 0 Å². The van der Waals surface area contributed by atoms with Gasteiger partial charge in [-0.2, -0.15) is 0 Å². The minimum atomic E-state index is -0.0975. The molecule has 6 heteroatoms. The zero-order valence-corrected chi connectivity index (χ0v) is 14.0. The van der Waals surface area contributed by atoms with Crippen molar-refractivity contribution in [3.63, 3.8) is 0 Å². The van der Waals surface area contributed by atoms with Gasteiger partial charge in [-0.05, 0) is 56.5 Å². The molecule has 2 saturated heterocycles. The Morgan fingerprint density at radius 3 is 2.35 bits per heavy atom. The molecule has 2 heterocycles. The van der Waals surface area contributed by atoms with Crippen LogP contribution in [0.3, 0.4) is 0 Å². The molecule has 0 aromatic heterocycles. The van der Waals surface area contributed by atoms with Crippen LogP contribution in [-0.2, 0) is 4.79 Å². The molecule has 2 aliphatic heterocycles. The Hall–Kier alpha value is -1.59. The number of amides is 2. The van der Waals surface area contributed by atoms with Gasteiger partial charge in [0.2, 0.25) is 5.91 Å². The summed E-state index contributed by atoms with van der Waals surface area (Å²) in [5.41, 5.74) is 1.44. The lowest BCUT2D eigenvalue weighted by atomic mass is 10.0. The van der Waals surface area contributed by atoms with Gasteiger partial charge in [0.25, 0.3) is 5.91 Å². The molecule has 0 saturated carbocycles. The van der Waals surface area contributed by atoms with E-state index in [0.29, 0.717) is 5.56 Å². The Labute approximate surface area is 143 Å². The molecule has 0 radical (unpaired) electrons. The van der Waals surface area contributed by atoms with Gasteiger partial charge in [0, 0.05) is 24.3 Å². The highest BCUT2D eigenvalue weighted by Crippen LogP contribution is 2.16. The lowest BCUT2D eigenvalue weighted by Gasteiger charge is -2.22. The quantitative estimate of drug-likeness (QED) is 0.890. The van der Waals surface area contributed by atoms with E-state index in [1.165, 1.54) is 0 Å². The van der Waals surface area contributed by atoms with Crippen molar-refractivity contribution < 1.29 is 9.59 Å². The van der Waals surface area contributed by atoms with Crippen LogP contribution in [0.4, 0.5) is 5.69 Å². The number of hydrogen-bond donors (Lipinski definition) is 2. The Kier molecular flexibility index (Phi) is 6.42. The van der Waals surface area contributed by atoms with E-state index < -0.39 is 0 Å². The minimum Gasteiger partial charge on any atom is -0.339 e. The Morgan fingerprint density at radius 1 is 1.04 bits per heavy atom. The number of hydrogen-bond acceptors (Lipinski definition) is 3. The minimum absolute atomic E-state index is 0. The zero-order chi connectivity index (χ0) is 15.4. The number of nitrogens with zero attached hydrogens (tertiary/aromatic N) is 1. The molecule has 0 aliphatic carbocycles. The topological polar surface area (TPSA) is 61.4 Å². The average molecular weight is 338 g/mol. The lowest BCUT2D eigenvalue weighted by Crippen LogP contribution is -2.43. The van der Waals surface area contributed by atoms with Gasteiger partial charge >= 0.3 is 0 Å². The summed E-state index contributed by atoms with van der Waals surface area (Å²) in [5, 5.41) is 6.15. The Balaban J connectivity index is 0.00000192. The maximum Gasteiger partial charge on any atom is 0.253 e. The number of carbonyl (C=O) groups excluding carboxylic acids is 2. The summed E-state index contributed by atoms with van der Waals surface area (Å²) < 4.78 is 0. The zero-order valence-electron chi connectivity index (χ0n) is 13.2. The van der Waals surface area contributed by atoms with Gasteiger partial charge in [0.05, 0.1) is 6.04 Å². The van der Waals surface area contributed by atoms with Crippen LogP contribution < -0.4 is 10.6 Å². The molecular formula is C17H24ClN3O2. The number of piperidine rings is 1. The second-order valence-electron chi connectivity index (χ2n) is 6.07. The predicted octanol–water partition coefficient (Wildman–Crippen LogP) is 2.42. The molecule has 5 nitrogen and oxygen atoms in total. The fourth-order valence-corrected chi connectivity index (χ4v) is 3.10. The Bertz CT molecular complexity index is 535. The third kappa shape index (κ3) is 4.45. The van der Waals surface area contributed by atoms with E-state index in [1.807, 2.05) is 17.0 Å². The van der Waals surface area contributed by atoms with Crippen molar-refractivity contribution in [2.45, 2.75) is 38.1 Å². The molecule has 0 unspecified atom stereocenters. The van der Waals surface area contributed by atoms with E-state index >= 15 is 0 Å². The van der Waals surface area contributed by atoms with Crippen LogP contribution >= 0.6 is 12.4 Å². The Morgan fingerprint density at radius 2 is 1.74 bits per heavy atom. The van der Waals surface area contributed by atoms with E-state index in [2.05, 4.69) is 10.6 Å². The van der Waals surface area contributed by atoms with Crippen LogP contribution in [-0.4, -0.2) is 42.4 Å². The molecule has 2 aliphatic rings. The van der Waals surface area contributed by atoms with Crippen LogP contribution in [0.1, 0.15) is 42.5 Å². The summed E-state index contributed by atoms with van der Waals surface area (Å²) in [6.45, 7) is 2.61. The van der Waals surface area contributed by atoms with Gasteiger partial charge in [-0.3, -0.25) is 9.59 Å². The number of anilines is 1. The van der Waals surface area contributed by atoms with Crippen LogP contribution in [0.2, 0.25) is 0 Å². The standard InChI is InChI=1S/C17H23N3O2.ClH/c21-16(15-5-1-2-10-18-15)19-14-8-6-13(7-9-14)17(22)20-11-3-4-12-20;/h6-9,15,18H,1-5,10-12H2,(H,19,21);1H/t15-;/m0./s1. The molecule has 2 amide bonds. The first-order valence-corrected chi connectivity index (χ1v) is 8.17. The number of likely N-dealkylation sites (tertiary alicyclic amines) is 1. The molecule has 2 fully saturated rings. The van der Waals surface area contributed by atoms with Crippen LogP contribution in [0.15, 0.2) is 24.3 Å². The largest absolute Gasteiger partial charge is 0.339 e. The molecule has 1 aromatic carbocycles. The maximum absolute atomic E-state index is 12.3. The van der Waals surface area contributed by atoms with E-state index in [9.17, 15) is 9.59 Å². The van der Waals surface area contributed by atoms with Gasteiger partial charge < -0.3 is 15.5 Å². The summed E-state index contributed by atoms with van der Waals surface area (Å²) in [6, 6.07) is 7.11. The molecule has 3 rings (SSSR count). The molecule has 1 atom stereocenters. The molecule has 0 bridgehead atoms. The first-order valence-electron chi connectivity index (χ1n) is 8.17. The fraction of sp³-hybridized carbons (Fsp3) is 0.529. The van der Waals surface area contributed by atoms with Crippen LogP contribution in [0.25, 0.3) is 0 Å². The van der Waals surface area contributed by atoms with Crippen LogP contribution in [0, 0.1) is 0 Å². The molecular weight excluding hydrogens is 314 g/mol. The SMILES string of the molecule is Cl.O=C(Nc1ccc(C(=O)N2CCCC2)cc1)[C@@H]1CCCCN1. The summed E-state index contributed by atoms with van der Waals surface area (Å²) in [6.07, 6.45) is 5.30. The number of halogens is 1. The van der Waals surface area contributed by atoms with Crippen molar-refractivity contribution in [3.8, 4) is 0 Å². The monoisotopic (exact) mass is 337 g/mol. The molecule has 0 spiro atoms. The maximum atomic E-state index is 12.3. The normalized spacial score (nSPS) is 20.7. The summed E-state index contributed by atoms with van der Waals surface area (Å²) >= 11 is 0. The number of rotatable bonds is 3. The molecule has 126 valence electrons. The highest BCUT2D eigenvalue weighted by atomic mass is 35.5. The van der Waals surface area contributed by atoms with Gasteiger partial charge in [0.15, 0.2) is 0 Å². The second-order valence-corrected chi connectivity index (χ2v) is 6.07. The number of nitrogens with one attached hydrogen (secondary N) is 2. The third-order valence-corrected chi connectivity index (χ3v) is 4.42. The molecule has 23 heavy (non-hydrogen) atoms. The van der Waals surface area contributed by atoms with E-state index in [4.69, 9.17) is 0 Å². The van der Waals surface area contributed by atoms with E-state index in [0.717, 1.165) is 57.4 Å². The fourth-order valence-electron chi connectivity index (χ4n) is 3.10. The summed E-state index contributed by atoms with van der Waals surface area (Å²) in [5.74, 6) is 0.0997. The van der Waals surface area contributed by atoms with E-state index in [1.54, 1.807) is 12.1 Å². The van der Waals surface area contributed by atoms with Gasteiger partial charge in [-0.1, -0.05) is 6.42 Å². The summed E-state index contributed by atoms with van der Waals surface area (Å²) in [7, 11) is 0. The number of carbonyl (C=O) groups is 2. The summed E-state index contributed by atoms with van der Waals surface area (Å²) in [4.78, 5) is 26.3. The predicted molar refractivity (Wildman–Crippen MR) is 93.1 cm³/mol. The number of benzene rings is 1. The van der Waals surface area contributed by atoms with Crippen molar-refractivity contribution in [3.05, 3.63) is 29.8 Å². The highest BCUT2D eigenvalue weighted by molar-refractivity contribution is 5.97. The van der Waals surface area contributed by atoms with Gasteiger partial charge in [-0.15, -0.1) is 12.4 Å². The molecule has 2 N–H and O–H groups in total. The second kappa shape index (κ2) is 8.31. The van der Waals surface area contributed by atoms with Crippen molar-refractivity contribution in [1.29, 1.82) is 0 Å². The molecule has 1 aromatic rings. The first kappa shape index (κ1) is 17.8.